The zero-order valence-corrected chi connectivity index (χ0v) is 12.9. The molecule has 0 heterocycles. The van der Waals surface area contributed by atoms with Crippen molar-refractivity contribution in [2.45, 2.75) is 0 Å². The Morgan fingerprint density at radius 1 is 0.864 bits per heavy atom. The summed E-state index contributed by atoms with van der Waals surface area (Å²) in [6.45, 7) is 0. The molecule has 0 saturated carbocycles. The van der Waals surface area contributed by atoms with Crippen molar-refractivity contribution in [2.24, 2.45) is 0 Å². The Bertz CT molecular complexity index is 638. The second-order valence-corrected chi connectivity index (χ2v) is 4.83. The first-order valence-electron chi connectivity index (χ1n) is 6.48. The van der Waals surface area contributed by atoms with Gasteiger partial charge in [-0.15, -0.1) is 0 Å². The van der Waals surface area contributed by atoms with Gasteiger partial charge in [-0.25, -0.2) is 4.79 Å². The minimum atomic E-state index is -1.18. The number of rotatable bonds is 5. The molecule has 22 heavy (non-hydrogen) atoms. The van der Waals surface area contributed by atoms with Gasteiger partial charge in [0, 0.05) is 5.57 Å². The summed E-state index contributed by atoms with van der Waals surface area (Å²) in [5.41, 5.74) is 1.83. The Morgan fingerprint density at radius 3 is 1.50 bits per heavy atom. The fraction of sp³-hybridized carbons (Fsp3) is 0.118. The van der Waals surface area contributed by atoms with E-state index in [0.717, 1.165) is 0 Å². The second kappa shape index (κ2) is 7.00. The second-order valence-electron chi connectivity index (χ2n) is 4.45. The number of ether oxygens (including phenoxy) is 2. The number of carbonyl (C=O) groups is 1. The quantitative estimate of drug-likeness (QED) is 0.852. The van der Waals surface area contributed by atoms with Gasteiger partial charge in [0.2, 0.25) is 0 Å². The molecule has 0 aromatic heterocycles. The number of hydrogen-bond donors (Lipinski definition) is 1. The van der Waals surface area contributed by atoms with Crippen LogP contribution in [0.4, 0.5) is 0 Å². The zero-order chi connectivity index (χ0) is 16.1. The van der Waals surface area contributed by atoms with Crippen LogP contribution in [0.3, 0.4) is 0 Å². The summed E-state index contributed by atoms with van der Waals surface area (Å²) in [6, 6.07) is 14.1. The molecule has 0 saturated heterocycles. The van der Waals surface area contributed by atoms with E-state index in [-0.39, 0.29) is 5.03 Å². The van der Waals surface area contributed by atoms with Gasteiger partial charge in [-0.2, -0.15) is 0 Å². The van der Waals surface area contributed by atoms with E-state index in [4.69, 9.17) is 21.1 Å². The smallest absolute Gasteiger partial charge is 0.347 e. The fourth-order valence-electron chi connectivity index (χ4n) is 2.04. The fourth-order valence-corrected chi connectivity index (χ4v) is 2.26. The van der Waals surface area contributed by atoms with Gasteiger partial charge in [-0.3, -0.25) is 0 Å². The van der Waals surface area contributed by atoms with Crippen molar-refractivity contribution in [3.63, 3.8) is 0 Å². The summed E-state index contributed by atoms with van der Waals surface area (Å²) in [5, 5.41) is 9.00. The van der Waals surface area contributed by atoms with Gasteiger partial charge >= 0.3 is 5.97 Å². The summed E-state index contributed by atoms with van der Waals surface area (Å²) in [4.78, 5) is 11.3. The predicted octanol–water partition coefficient (Wildman–Crippen LogP) is 3.79. The van der Waals surface area contributed by atoms with Gasteiger partial charge < -0.3 is 14.6 Å². The normalized spacial score (nSPS) is 9.95. The Labute approximate surface area is 133 Å². The van der Waals surface area contributed by atoms with E-state index in [2.05, 4.69) is 0 Å². The van der Waals surface area contributed by atoms with Crippen LogP contribution >= 0.6 is 11.6 Å². The van der Waals surface area contributed by atoms with Crippen molar-refractivity contribution in [3.05, 3.63) is 64.7 Å². The summed E-state index contributed by atoms with van der Waals surface area (Å²) in [5.74, 6) is 0.192. The Morgan fingerprint density at radius 2 is 1.23 bits per heavy atom. The average molecular weight is 319 g/mol. The Hall–Kier alpha value is -2.46. The average Bonchev–Trinajstić information content (AvgIpc) is 2.56. The van der Waals surface area contributed by atoms with Crippen LogP contribution in [0.5, 0.6) is 11.5 Å². The first kappa shape index (κ1) is 15.9. The molecule has 4 nitrogen and oxygen atoms in total. The molecule has 0 amide bonds. The highest BCUT2D eigenvalue weighted by Crippen LogP contribution is 2.31. The first-order chi connectivity index (χ1) is 10.6. The number of halogens is 1. The van der Waals surface area contributed by atoms with Crippen LogP contribution in [0, 0.1) is 0 Å². The molecule has 2 rings (SSSR count). The lowest BCUT2D eigenvalue weighted by molar-refractivity contribution is -0.131. The van der Waals surface area contributed by atoms with Crippen molar-refractivity contribution in [1.82, 2.24) is 0 Å². The van der Waals surface area contributed by atoms with E-state index in [1.807, 2.05) is 0 Å². The topological polar surface area (TPSA) is 55.8 Å². The molecule has 0 bridgehead atoms. The number of carboxylic acid groups (broad SMARTS) is 1. The van der Waals surface area contributed by atoms with E-state index in [1.54, 1.807) is 62.8 Å². The van der Waals surface area contributed by atoms with Gasteiger partial charge in [0.05, 0.1) is 14.2 Å². The Kier molecular flexibility index (Phi) is 5.07. The summed E-state index contributed by atoms with van der Waals surface area (Å²) < 4.78 is 10.2. The standard InChI is InChI=1S/C17H15ClO4/c1-21-13-7-3-11(4-8-13)15(16(18)17(19)20)12-5-9-14(22-2)10-6-12/h3-10H,1-2H3,(H,19,20). The van der Waals surface area contributed by atoms with Crippen LogP contribution in [-0.2, 0) is 4.79 Å². The zero-order valence-electron chi connectivity index (χ0n) is 12.2. The third-order valence-electron chi connectivity index (χ3n) is 3.16. The number of benzene rings is 2. The van der Waals surface area contributed by atoms with Crippen molar-refractivity contribution in [3.8, 4) is 11.5 Å². The molecule has 0 atom stereocenters. The summed E-state index contributed by atoms with van der Waals surface area (Å²) in [7, 11) is 3.14. The maximum atomic E-state index is 11.3. The molecule has 0 aliphatic rings. The predicted molar refractivity (Wildman–Crippen MR) is 85.5 cm³/mol. The highest BCUT2D eigenvalue weighted by molar-refractivity contribution is 6.44. The molecule has 0 spiro atoms. The third-order valence-corrected chi connectivity index (χ3v) is 3.52. The highest BCUT2D eigenvalue weighted by atomic mass is 35.5. The molecular formula is C17H15ClO4. The van der Waals surface area contributed by atoms with Gasteiger partial charge in [-0.1, -0.05) is 35.9 Å². The SMILES string of the molecule is COc1ccc(C(=C(Cl)C(=O)O)c2ccc(OC)cc2)cc1. The van der Waals surface area contributed by atoms with Gasteiger partial charge in [0.15, 0.2) is 0 Å². The Balaban J connectivity index is 2.55. The third kappa shape index (κ3) is 3.40. The van der Waals surface area contributed by atoms with E-state index >= 15 is 0 Å². The molecule has 0 aliphatic heterocycles. The van der Waals surface area contributed by atoms with Crippen molar-refractivity contribution < 1.29 is 19.4 Å². The van der Waals surface area contributed by atoms with Crippen molar-refractivity contribution >= 4 is 23.1 Å². The molecule has 0 fully saturated rings. The van der Waals surface area contributed by atoms with Crippen LogP contribution < -0.4 is 9.47 Å². The van der Waals surface area contributed by atoms with Crippen LogP contribution in [0.1, 0.15) is 11.1 Å². The monoisotopic (exact) mass is 318 g/mol. The summed E-state index contributed by atoms with van der Waals surface area (Å²) in [6.07, 6.45) is 0. The van der Waals surface area contributed by atoms with Crippen LogP contribution in [0.2, 0.25) is 0 Å². The lowest BCUT2D eigenvalue weighted by atomic mass is 9.97. The largest absolute Gasteiger partial charge is 0.497 e. The minimum Gasteiger partial charge on any atom is -0.497 e. The highest BCUT2D eigenvalue weighted by Gasteiger charge is 2.16. The van der Waals surface area contributed by atoms with Crippen LogP contribution in [0.25, 0.3) is 5.57 Å². The number of aliphatic carboxylic acids is 1. The maximum Gasteiger partial charge on any atom is 0.347 e. The molecule has 0 radical (unpaired) electrons. The van der Waals surface area contributed by atoms with Crippen molar-refractivity contribution in [1.29, 1.82) is 0 Å². The lowest BCUT2D eigenvalue weighted by Crippen LogP contribution is -2.00. The van der Waals surface area contributed by atoms with Crippen molar-refractivity contribution in [2.75, 3.05) is 14.2 Å². The van der Waals surface area contributed by atoms with Gasteiger partial charge in [-0.05, 0) is 35.4 Å². The minimum absolute atomic E-state index is 0.240. The number of hydrogen-bond acceptors (Lipinski definition) is 3. The number of methoxy groups -OCH3 is 2. The van der Waals surface area contributed by atoms with Gasteiger partial charge in [0.25, 0.3) is 0 Å². The molecule has 2 aromatic carbocycles. The molecule has 1 N–H and O–H groups in total. The first-order valence-corrected chi connectivity index (χ1v) is 6.86. The van der Waals surface area contributed by atoms with E-state index < -0.39 is 5.97 Å². The summed E-state index contributed by atoms with van der Waals surface area (Å²) >= 11 is 6.02. The molecular weight excluding hydrogens is 304 g/mol. The molecule has 114 valence electrons. The van der Waals surface area contributed by atoms with E-state index in [9.17, 15) is 9.90 Å². The van der Waals surface area contributed by atoms with Crippen LogP contribution in [-0.4, -0.2) is 25.3 Å². The molecule has 0 unspecified atom stereocenters. The molecule has 5 heteroatoms. The lowest BCUT2D eigenvalue weighted by Gasteiger charge is -2.11. The van der Waals surface area contributed by atoms with E-state index in [0.29, 0.717) is 28.2 Å². The maximum absolute atomic E-state index is 11.3. The molecule has 0 aliphatic carbocycles. The number of carboxylic acids is 1. The van der Waals surface area contributed by atoms with E-state index in [1.165, 1.54) is 0 Å². The van der Waals surface area contributed by atoms with Gasteiger partial charge in [0.1, 0.15) is 16.5 Å². The van der Waals surface area contributed by atoms with Crippen LogP contribution in [0.15, 0.2) is 53.6 Å². The molecule has 2 aromatic rings.